The maximum Gasteiger partial charge on any atom is 0.304 e. The van der Waals surface area contributed by atoms with Gasteiger partial charge in [-0.2, -0.15) is 0 Å². The number of aliphatic carboxylic acids is 1. The van der Waals surface area contributed by atoms with E-state index in [1.165, 1.54) is 5.56 Å². The number of likely N-dealkylation sites (N-methyl/N-ethyl adjacent to an activating group) is 1. The van der Waals surface area contributed by atoms with Crippen LogP contribution in [0.15, 0.2) is 24.3 Å². The number of hydrogen-bond donors (Lipinski definition) is 1. The third kappa shape index (κ3) is 6.25. The Labute approximate surface area is 115 Å². The third-order valence-electron chi connectivity index (χ3n) is 3.00. The van der Waals surface area contributed by atoms with Gasteiger partial charge in [0.25, 0.3) is 0 Å². The summed E-state index contributed by atoms with van der Waals surface area (Å²) in [6, 6.07) is 8.11. The summed E-state index contributed by atoms with van der Waals surface area (Å²) >= 11 is 0. The molecule has 0 aliphatic carbocycles. The summed E-state index contributed by atoms with van der Waals surface area (Å²) in [5.74, 6) is 0.615. The highest BCUT2D eigenvalue weighted by molar-refractivity contribution is 5.66. The molecule has 0 saturated carbocycles. The summed E-state index contributed by atoms with van der Waals surface area (Å²) in [7, 11) is 1.90. The Bertz CT molecular complexity index is 387. The van der Waals surface area contributed by atoms with Crippen molar-refractivity contribution in [3.05, 3.63) is 29.8 Å². The molecule has 106 valence electrons. The zero-order valence-corrected chi connectivity index (χ0v) is 11.9. The highest BCUT2D eigenvalue weighted by atomic mass is 16.5. The van der Waals surface area contributed by atoms with Crippen molar-refractivity contribution in [1.82, 2.24) is 4.90 Å². The molecule has 0 atom stereocenters. The van der Waals surface area contributed by atoms with Crippen LogP contribution in [0.2, 0.25) is 0 Å². The molecule has 0 spiro atoms. The summed E-state index contributed by atoms with van der Waals surface area (Å²) in [5, 5.41) is 8.58. The molecule has 0 heterocycles. The lowest BCUT2D eigenvalue weighted by molar-refractivity contribution is -0.137. The fraction of sp³-hybridized carbons (Fsp3) is 0.533. The first-order chi connectivity index (χ1) is 8.99. The van der Waals surface area contributed by atoms with Gasteiger partial charge < -0.3 is 14.7 Å². The molecule has 1 aromatic rings. The molecular formula is C15H23NO3. The molecule has 4 nitrogen and oxygen atoms in total. The van der Waals surface area contributed by atoms with Crippen molar-refractivity contribution in [2.75, 3.05) is 26.7 Å². The lowest BCUT2D eigenvalue weighted by Crippen LogP contribution is -2.26. The van der Waals surface area contributed by atoms with Gasteiger partial charge in [0.1, 0.15) is 12.4 Å². The summed E-state index contributed by atoms with van der Waals surface area (Å²) in [4.78, 5) is 12.4. The fourth-order valence-corrected chi connectivity index (χ4v) is 1.67. The Morgan fingerprint density at radius 2 is 1.89 bits per heavy atom. The van der Waals surface area contributed by atoms with E-state index < -0.39 is 5.97 Å². The molecule has 0 unspecified atom stereocenters. The normalized spacial score (nSPS) is 11.0. The minimum atomic E-state index is -0.767. The van der Waals surface area contributed by atoms with E-state index in [1.54, 1.807) is 0 Å². The van der Waals surface area contributed by atoms with Crippen LogP contribution in [-0.4, -0.2) is 42.7 Å². The van der Waals surface area contributed by atoms with E-state index in [0.717, 1.165) is 12.3 Å². The number of nitrogens with zero attached hydrogens (tertiary/aromatic N) is 1. The van der Waals surface area contributed by atoms with Crippen LogP contribution in [0.5, 0.6) is 5.75 Å². The van der Waals surface area contributed by atoms with Crippen molar-refractivity contribution in [2.45, 2.75) is 26.2 Å². The molecule has 1 aromatic carbocycles. The van der Waals surface area contributed by atoms with E-state index in [-0.39, 0.29) is 6.42 Å². The van der Waals surface area contributed by atoms with Crippen LogP contribution in [0, 0.1) is 0 Å². The molecule has 1 rings (SSSR count). The number of benzene rings is 1. The zero-order valence-electron chi connectivity index (χ0n) is 11.9. The summed E-state index contributed by atoms with van der Waals surface area (Å²) in [6.45, 7) is 6.15. The van der Waals surface area contributed by atoms with E-state index in [2.05, 4.69) is 26.0 Å². The largest absolute Gasteiger partial charge is 0.492 e. The Kier molecular flexibility index (Phi) is 6.36. The number of hydrogen-bond acceptors (Lipinski definition) is 3. The summed E-state index contributed by atoms with van der Waals surface area (Å²) < 4.78 is 5.63. The van der Waals surface area contributed by atoms with Gasteiger partial charge in [0.05, 0.1) is 6.42 Å². The van der Waals surface area contributed by atoms with Gasteiger partial charge in [0.2, 0.25) is 0 Å². The molecular weight excluding hydrogens is 242 g/mol. The van der Waals surface area contributed by atoms with Crippen molar-refractivity contribution in [2.24, 2.45) is 0 Å². The van der Waals surface area contributed by atoms with Crippen LogP contribution in [-0.2, 0) is 4.79 Å². The molecule has 0 aliphatic rings. The smallest absolute Gasteiger partial charge is 0.304 e. The molecule has 0 aromatic heterocycles. The predicted octanol–water partition coefficient (Wildman–Crippen LogP) is 2.60. The van der Waals surface area contributed by atoms with Crippen LogP contribution < -0.4 is 4.74 Å². The van der Waals surface area contributed by atoms with E-state index in [0.29, 0.717) is 19.1 Å². The quantitative estimate of drug-likeness (QED) is 0.785. The average molecular weight is 265 g/mol. The molecule has 0 amide bonds. The first-order valence-electron chi connectivity index (χ1n) is 6.62. The lowest BCUT2D eigenvalue weighted by Gasteiger charge is -2.16. The third-order valence-corrected chi connectivity index (χ3v) is 3.00. The lowest BCUT2D eigenvalue weighted by atomic mass is 10.0. The number of carboxylic acids is 1. The van der Waals surface area contributed by atoms with Crippen molar-refractivity contribution < 1.29 is 14.6 Å². The van der Waals surface area contributed by atoms with Gasteiger partial charge >= 0.3 is 5.97 Å². The van der Waals surface area contributed by atoms with Crippen LogP contribution in [0.4, 0.5) is 0 Å². The van der Waals surface area contributed by atoms with Crippen molar-refractivity contribution >= 4 is 5.97 Å². The minimum absolute atomic E-state index is 0.166. The zero-order chi connectivity index (χ0) is 14.3. The van der Waals surface area contributed by atoms with Crippen molar-refractivity contribution in [1.29, 1.82) is 0 Å². The van der Waals surface area contributed by atoms with Gasteiger partial charge in [-0.05, 0) is 30.7 Å². The van der Waals surface area contributed by atoms with Gasteiger partial charge in [-0.1, -0.05) is 26.0 Å². The maximum atomic E-state index is 10.4. The standard InChI is InChI=1S/C15H23NO3/c1-12(2)13-4-6-14(7-5-13)19-11-10-16(3)9-8-15(17)18/h4-7,12H,8-11H2,1-3H3,(H,17,18). The highest BCUT2D eigenvalue weighted by Crippen LogP contribution is 2.18. The number of carboxylic acid groups (broad SMARTS) is 1. The molecule has 0 saturated heterocycles. The summed E-state index contributed by atoms with van der Waals surface area (Å²) in [6.07, 6.45) is 0.166. The fourth-order valence-electron chi connectivity index (χ4n) is 1.67. The highest BCUT2D eigenvalue weighted by Gasteiger charge is 2.03. The van der Waals surface area contributed by atoms with E-state index in [9.17, 15) is 4.79 Å². The van der Waals surface area contributed by atoms with Crippen molar-refractivity contribution in [3.8, 4) is 5.75 Å². The first-order valence-corrected chi connectivity index (χ1v) is 6.62. The Balaban J connectivity index is 2.27. The number of ether oxygens (including phenoxy) is 1. The molecule has 0 fully saturated rings. The molecule has 19 heavy (non-hydrogen) atoms. The topological polar surface area (TPSA) is 49.8 Å². The van der Waals surface area contributed by atoms with Crippen LogP contribution in [0.1, 0.15) is 31.7 Å². The van der Waals surface area contributed by atoms with Crippen LogP contribution in [0.25, 0.3) is 0 Å². The van der Waals surface area contributed by atoms with E-state index in [1.807, 2.05) is 24.1 Å². The Morgan fingerprint density at radius 1 is 1.26 bits per heavy atom. The second-order valence-electron chi connectivity index (χ2n) is 5.02. The van der Waals surface area contributed by atoms with Crippen molar-refractivity contribution in [3.63, 3.8) is 0 Å². The predicted molar refractivity (Wildman–Crippen MR) is 75.8 cm³/mol. The SMILES string of the molecule is CC(C)c1ccc(OCCN(C)CCC(=O)O)cc1. The van der Waals surface area contributed by atoms with E-state index in [4.69, 9.17) is 9.84 Å². The Hall–Kier alpha value is -1.55. The van der Waals surface area contributed by atoms with Gasteiger partial charge in [-0.25, -0.2) is 0 Å². The monoisotopic (exact) mass is 265 g/mol. The second-order valence-corrected chi connectivity index (χ2v) is 5.02. The minimum Gasteiger partial charge on any atom is -0.492 e. The molecule has 4 heteroatoms. The molecule has 1 N–H and O–H groups in total. The first kappa shape index (κ1) is 15.5. The Morgan fingerprint density at radius 3 is 2.42 bits per heavy atom. The van der Waals surface area contributed by atoms with Gasteiger partial charge in [-0.15, -0.1) is 0 Å². The molecule has 0 radical (unpaired) electrons. The number of rotatable bonds is 8. The average Bonchev–Trinajstić information content (AvgIpc) is 2.37. The summed E-state index contributed by atoms with van der Waals surface area (Å²) in [5.41, 5.74) is 1.30. The van der Waals surface area contributed by atoms with Gasteiger partial charge in [-0.3, -0.25) is 4.79 Å². The van der Waals surface area contributed by atoms with Gasteiger partial charge in [0, 0.05) is 13.1 Å². The number of carbonyl (C=O) groups is 1. The van der Waals surface area contributed by atoms with Crippen LogP contribution >= 0.6 is 0 Å². The van der Waals surface area contributed by atoms with Gasteiger partial charge in [0.15, 0.2) is 0 Å². The maximum absolute atomic E-state index is 10.4. The van der Waals surface area contributed by atoms with E-state index >= 15 is 0 Å². The molecule has 0 aliphatic heterocycles. The van der Waals surface area contributed by atoms with Crippen LogP contribution in [0.3, 0.4) is 0 Å². The molecule has 0 bridgehead atoms. The second kappa shape index (κ2) is 7.79.